The Bertz CT molecular complexity index is 1080. The van der Waals surface area contributed by atoms with E-state index in [0.29, 0.717) is 13.1 Å². The molecule has 30 heavy (non-hydrogen) atoms. The van der Waals surface area contributed by atoms with Crippen LogP contribution in [0, 0.1) is 29.0 Å². The molecule has 0 N–H and O–H groups in total. The van der Waals surface area contributed by atoms with E-state index in [1.54, 1.807) is 0 Å². The molecule has 1 heterocycles. The quantitative estimate of drug-likeness (QED) is 0.675. The predicted octanol–water partition coefficient (Wildman–Crippen LogP) is 3.72. The van der Waals surface area contributed by atoms with Crippen molar-refractivity contribution in [2.75, 3.05) is 13.1 Å². The smallest absolute Gasteiger partial charge is 0.338 e. The van der Waals surface area contributed by atoms with Gasteiger partial charge in [0.25, 0.3) is 0 Å². The van der Waals surface area contributed by atoms with Crippen molar-refractivity contribution in [3.05, 3.63) is 65.0 Å². The monoisotopic (exact) mass is 430 g/mol. The molecule has 0 amide bonds. The van der Waals surface area contributed by atoms with E-state index in [1.807, 2.05) is 19.9 Å². The van der Waals surface area contributed by atoms with E-state index >= 15 is 0 Å². The van der Waals surface area contributed by atoms with Gasteiger partial charge in [0.15, 0.2) is 0 Å². The third-order valence-electron chi connectivity index (χ3n) is 5.08. The van der Waals surface area contributed by atoms with Crippen molar-refractivity contribution in [2.24, 2.45) is 11.8 Å². The van der Waals surface area contributed by atoms with Gasteiger partial charge in [-0.2, -0.15) is 9.57 Å². The summed E-state index contributed by atoms with van der Waals surface area (Å²) in [6, 6.07) is 11.4. The topological polar surface area (TPSA) is 87.5 Å². The fourth-order valence-electron chi connectivity index (χ4n) is 3.70. The fourth-order valence-corrected chi connectivity index (χ4v) is 5.42. The number of sulfonamides is 1. The number of hydrogen-bond donors (Lipinski definition) is 0. The Labute approximate surface area is 175 Å². The van der Waals surface area contributed by atoms with E-state index in [4.69, 9.17) is 10.00 Å². The molecule has 0 spiro atoms. The van der Waals surface area contributed by atoms with Gasteiger partial charge in [0, 0.05) is 18.7 Å². The second-order valence-corrected chi connectivity index (χ2v) is 9.73. The number of esters is 1. The van der Waals surface area contributed by atoms with Gasteiger partial charge < -0.3 is 4.74 Å². The summed E-state index contributed by atoms with van der Waals surface area (Å²) in [5.41, 5.74) is 0.368. The Balaban J connectivity index is 1.74. The first kappa shape index (κ1) is 21.9. The largest absolute Gasteiger partial charge is 0.457 e. The zero-order valence-electron chi connectivity index (χ0n) is 16.8. The molecule has 3 rings (SSSR count). The first-order chi connectivity index (χ1) is 14.2. The lowest BCUT2D eigenvalue weighted by molar-refractivity contribution is 0.0468. The third-order valence-corrected chi connectivity index (χ3v) is 6.91. The molecule has 1 saturated heterocycles. The lowest BCUT2D eigenvalue weighted by Gasteiger charge is -2.34. The lowest BCUT2D eigenvalue weighted by Crippen LogP contribution is -2.42. The Hall–Kier alpha value is -2.76. The van der Waals surface area contributed by atoms with Crippen LogP contribution in [0.2, 0.25) is 0 Å². The zero-order chi connectivity index (χ0) is 21.9. The van der Waals surface area contributed by atoms with Gasteiger partial charge in [0.2, 0.25) is 10.0 Å². The highest BCUT2D eigenvalue weighted by molar-refractivity contribution is 7.89. The van der Waals surface area contributed by atoms with Gasteiger partial charge in [0.05, 0.1) is 22.1 Å². The van der Waals surface area contributed by atoms with Crippen LogP contribution in [0.4, 0.5) is 4.39 Å². The molecule has 0 radical (unpaired) electrons. The fraction of sp³-hybridized carbons (Fsp3) is 0.364. The van der Waals surface area contributed by atoms with Crippen molar-refractivity contribution >= 4 is 16.0 Å². The summed E-state index contributed by atoms with van der Waals surface area (Å²) in [4.78, 5) is 12.4. The number of ether oxygens (including phenoxy) is 1. The number of nitriles is 1. The van der Waals surface area contributed by atoms with Gasteiger partial charge in [-0.05, 0) is 48.6 Å². The minimum absolute atomic E-state index is 0.0304. The predicted molar refractivity (Wildman–Crippen MR) is 108 cm³/mol. The first-order valence-electron chi connectivity index (χ1n) is 9.66. The number of halogens is 1. The first-order valence-corrected chi connectivity index (χ1v) is 11.1. The highest BCUT2D eigenvalue weighted by Crippen LogP contribution is 2.27. The highest BCUT2D eigenvalue weighted by Gasteiger charge is 2.32. The molecule has 0 aliphatic carbocycles. The maximum absolute atomic E-state index is 14.0. The Morgan fingerprint density at radius 3 is 2.53 bits per heavy atom. The number of carbonyl (C=O) groups is 1. The lowest BCUT2D eigenvalue weighted by atomic mass is 9.94. The van der Waals surface area contributed by atoms with Crippen molar-refractivity contribution < 1.29 is 22.3 Å². The Kier molecular flexibility index (Phi) is 6.54. The van der Waals surface area contributed by atoms with Crippen LogP contribution in [-0.4, -0.2) is 31.8 Å². The third kappa shape index (κ3) is 4.86. The highest BCUT2D eigenvalue weighted by atomic mass is 32.2. The molecule has 2 aromatic rings. The number of benzene rings is 2. The second-order valence-electron chi connectivity index (χ2n) is 7.79. The SMILES string of the molecule is C[C@@H]1C[C@H](C)CN(S(=O)(=O)c2cccc(C(=O)OCc3ccc(C#N)cc3F)c2)C1. The van der Waals surface area contributed by atoms with E-state index in [2.05, 4.69) is 0 Å². The molecular formula is C22H23FN2O4S. The van der Waals surface area contributed by atoms with Crippen LogP contribution in [0.25, 0.3) is 0 Å². The summed E-state index contributed by atoms with van der Waals surface area (Å²) < 4.78 is 46.6. The maximum Gasteiger partial charge on any atom is 0.338 e. The summed E-state index contributed by atoms with van der Waals surface area (Å²) in [7, 11) is -3.73. The molecule has 1 aliphatic heterocycles. The summed E-state index contributed by atoms with van der Waals surface area (Å²) in [5.74, 6) is -0.874. The van der Waals surface area contributed by atoms with E-state index in [1.165, 1.54) is 40.7 Å². The normalized spacial score (nSPS) is 19.8. The number of piperidine rings is 1. The summed E-state index contributed by atoms with van der Waals surface area (Å²) in [6.45, 7) is 4.61. The average Bonchev–Trinajstić information content (AvgIpc) is 2.72. The second kappa shape index (κ2) is 8.94. The molecule has 1 aliphatic rings. The van der Waals surface area contributed by atoms with Crippen LogP contribution in [-0.2, 0) is 21.4 Å². The van der Waals surface area contributed by atoms with Gasteiger partial charge in [-0.1, -0.05) is 26.0 Å². The molecule has 0 saturated carbocycles. The van der Waals surface area contributed by atoms with Crippen LogP contribution in [0.15, 0.2) is 47.4 Å². The standard InChI is InChI=1S/C22H23FN2O4S/c1-15-8-16(2)13-25(12-15)30(27,28)20-5-3-4-18(10-20)22(26)29-14-19-7-6-17(11-24)9-21(19)23/h3-7,9-10,15-16H,8,12-14H2,1-2H3/t15-,16+. The van der Waals surface area contributed by atoms with E-state index in [9.17, 15) is 17.6 Å². The van der Waals surface area contributed by atoms with Crippen LogP contribution in [0.3, 0.4) is 0 Å². The summed E-state index contributed by atoms with van der Waals surface area (Å²) >= 11 is 0. The summed E-state index contributed by atoms with van der Waals surface area (Å²) in [5, 5.41) is 8.78. The molecule has 2 aromatic carbocycles. The van der Waals surface area contributed by atoms with Gasteiger partial charge in [-0.25, -0.2) is 17.6 Å². The van der Waals surface area contributed by atoms with Crippen LogP contribution >= 0.6 is 0 Å². The Morgan fingerprint density at radius 1 is 1.20 bits per heavy atom. The minimum Gasteiger partial charge on any atom is -0.457 e. The van der Waals surface area contributed by atoms with Crippen molar-refractivity contribution in [1.82, 2.24) is 4.31 Å². The Morgan fingerprint density at radius 2 is 1.90 bits per heavy atom. The molecule has 6 nitrogen and oxygen atoms in total. The minimum atomic E-state index is -3.73. The molecule has 0 bridgehead atoms. The average molecular weight is 431 g/mol. The van der Waals surface area contributed by atoms with Crippen molar-refractivity contribution in [1.29, 1.82) is 5.26 Å². The number of hydrogen-bond acceptors (Lipinski definition) is 5. The van der Waals surface area contributed by atoms with Crippen LogP contribution in [0.1, 0.15) is 41.8 Å². The molecule has 2 atom stereocenters. The molecule has 158 valence electrons. The molecule has 8 heteroatoms. The number of rotatable bonds is 5. The van der Waals surface area contributed by atoms with Gasteiger partial charge >= 0.3 is 5.97 Å². The molecular weight excluding hydrogens is 407 g/mol. The van der Waals surface area contributed by atoms with Gasteiger partial charge in [-0.3, -0.25) is 0 Å². The number of carbonyl (C=O) groups excluding carboxylic acids is 1. The van der Waals surface area contributed by atoms with E-state index in [-0.39, 0.29) is 40.0 Å². The van der Waals surface area contributed by atoms with Crippen molar-refractivity contribution in [3.63, 3.8) is 0 Å². The number of nitrogens with zero attached hydrogens (tertiary/aromatic N) is 2. The van der Waals surface area contributed by atoms with Crippen LogP contribution in [0.5, 0.6) is 0 Å². The van der Waals surface area contributed by atoms with E-state index < -0.39 is 21.8 Å². The molecule has 0 unspecified atom stereocenters. The van der Waals surface area contributed by atoms with Crippen molar-refractivity contribution in [3.8, 4) is 6.07 Å². The van der Waals surface area contributed by atoms with Gasteiger partial charge in [0.1, 0.15) is 12.4 Å². The molecule has 0 aromatic heterocycles. The zero-order valence-corrected chi connectivity index (χ0v) is 17.7. The summed E-state index contributed by atoms with van der Waals surface area (Å²) in [6.07, 6.45) is 0.976. The molecule has 1 fully saturated rings. The maximum atomic E-state index is 14.0. The van der Waals surface area contributed by atoms with Gasteiger partial charge in [-0.15, -0.1) is 0 Å². The van der Waals surface area contributed by atoms with Crippen molar-refractivity contribution in [2.45, 2.75) is 31.8 Å². The van der Waals surface area contributed by atoms with E-state index in [0.717, 1.165) is 12.5 Å². The van der Waals surface area contributed by atoms with Crippen LogP contribution < -0.4 is 0 Å².